The molecule has 0 aromatic rings. The fourth-order valence-electron chi connectivity index (χ4n) is 6.88. The van der Waals surface area contributed by atoms with Crippen LogP contribution in [0.4, 0.5) is 26.3 Å². The summed E-state index contributed by atoms with van der Waals surface area (Å²) in [6, 6.07) is 0. The Morgan fingerprint density at radius 2 is 1.48 bits per heavy atom. The van der Waals surface area contributed by atoms with Crippen molar-refractivity contribution < 1.29 is 45.7 Å². The molecule has 4 nitrogen and oxygen atoms in total. The van der Waals surface area contributed by atoms with E-state index in [1.807, 2.05) is 0 Å². The molecule has 2 atom stereocenters. The highest BCUT2D eigenvalue weighted by Gasteiger charge is 2.72. The summed E-state index contributed by atoms with van der Waals surface area (Å²) in [5, 5.41) is 9.67. The van der Waals surface area contributed by atoms with Gasteiger partial charge in [0, 0.05) is 11.0 Å². The van der Waals surface area contributed by atoms with Gasteiger partial charge in [-0.3, -0.25) is 0 Å². The van der Waals surface area contributed by atoms with E-state index < -0.39 is 41.5 Å². The molecule has 190 valence electrons. The van der Waals surface area contributed by atoms with Crippen molar-refractivity contribution in [3.63, 3.8) is 0 Å². The van der Waals surface area contributed by atoms with Gasteiger partial charge in [-0.1, -0.05) is 20.4 Å². The summed E-state index contributed by atoms with van der Waals surface area (Å²) < 4.78 is 90.9. The van der Waals surface area contributed by atoms with Gasteiger partial charge in [0.2, 0.25) is 0 Å². The highest BCUT2D eigenvalue weighted by molar-refractivity contribution is 5.87. The third-order valence-electron chi connectivity index (χ3n) is 8.38. The summed E-state index contributed by atoms with van der Waals surface area (Å²) in [6.45, 7) is 6.64. The van der Waals surface area contributed by atoms with Gasteiger partial charge in [-0.25, -0.2) is 4.79 Å². The van der Waals surface area contributed by atoms with E-state index in [9.17, 15) is 36.2 Å². The van der Waals surface area contributed by atoms with E-state index in [1.54, 1.807) is 20.8 Å². The fourth-order valence-corrected chi connectivity index (χ4v) is 6.88. The van der Waals surface area contributed by atoms with Gasteiger partial charge >= 0.3 is 18.3 Å². The molecule has 4 saturated carbocycles. The molecule has 0 saturated heterocycles. The lowest BCUT2D eigenvalue weighted by Gasteiger charge is -2.65. The first-order valence-corrected chi connectivity index (χ1v) is 11.4. The largest absolute Gasteiger partial charge is 0.458 e. The Morgan fingerprint density at radius 1 is 1.00 bits per heavy atom. The topological polar surface area (TPSA) is 55.8 Å². The first-order chi connectivity index (χ1) is 15.0. The number of alkyl halides is 6. The minimum absolute atomic E-state index is 0.0373. The maximum absolute atomic E-state index is 13.3. The van der Waals surface area contributed by atoms with Gasteiger partial charge < -0.3 is 14.6 Å². The molecule has 33 heavy (non-hydrogen) atoms. The monoisotopic (exact) mass is 486 g/mol. The standard InChI is InChI=1S/C23H32F6O4/c1-5-20(6-2,32-12-21(31,22(24,25)26)23(27,28)29)19-9-14-7-15(10-19)17(16(8-14)11-19)33-18(30)13(3)4/h14-17,31H,3,5-12H2,1-2,4H3. The summed E-state index contributed by atoms with van der Waals surface area (Å²) in [6.07, 6.45) is -8.57. The first kappa shape index (κ1) is 26.3. The van der Waals surface area contributed by atoms with Crippen LogP contribution in [0.15, 0.2) is 12.2 Å². The molecule has 0 aliphatic heterocycles. The highest BCUT2D eigenvalue weighted by atomic mass is 19.4. The van der Waals surface area contributed by atoms with E-state index in [1.165, 1.54) is 0 Å². The molecule has 1 N–H and O–H groups in total. The summed E-state index contributed by atoms with van der Waals surface area (Å²) in [4.78, 5) is 12.1. The zero-order chi connectivity index (χ0) is 25.0. The number of halogens is 6. The van der Waals surface area contributed by atoms with Gasteiger partial charge in [0.05, 0.1) is 12.2 Å². The second-order valence-electron chi connectivity index (χ2n) is 10.2. The molecule has 0 amide bonds. The molecule has 10 heteroatoms. The van der Waals surface area contributed by atoms with Crippen molar-refractivity contribution in [2.24, 2.45) is 23.2 Å². The summed E-state index contributed by atoms with van der Waals surface area (Å²) in [5.74, 6) is -0.322. The van der Waals surface area contributed by atoms with Gasteiger partial charge in [-0.2, -0.15) is 26.3 Å². The van der Waals surface area contributed by atoms with Crippen LogP contribution >= 0.6 is 0 Å². The quantitative estimate of drug-likeness (QED) is 0.270. The molecule has 0 heterocycles. The van der Waals surface area contributed by atoms with E-state index in [0.717, 1.165) is 12.8 Å². The maximum atomic E-state index is 13.3. The minimum atomic E-state index is -5.93. The van der Waals surface area contributed by atoms with Crippen molar-refractivity contribution in [1.29, 1.82) is 0 Å². The normalized spacial score (nSPS) is 32.2. The third-order valence-corrected chi connectivity index (χ3v) is 8.38. The van der Waals surface area contributed by atoms with Crippen LogP contribution in [0.3, 0.4) is 0 Å². The van der Waals surface area contributed by atoms with Gasteiger partial charge in [-0.05, 0) is 69.6 Å². The van der Waals surface area contributed by atoms with Crippen molar-refractivity contribution in [1.82, 2.24) is 0 Å². The van der Waals surface area contributed by atoms with Crippen molar-refractivity contribution in [2.45, 2.75) is 95.4 Å². The molecule has 4 rings (SSSR count). The van der Waals surface area contributed by atoms with Crippen molar-refractivity contribution >= 4 is 5.97 Å². The van der Waals surface area contributed by atoms with Crippen LogP contribution in [0.25, 0.3) is 0 Å². The van der Waals surface area contributed by atoms with Gasteiger partial charge in [0.1, 0.15) is 6.10 Å². The average Bonchev–Trinajstić information content (AvgIpc) is 2.69. The molecular formula is C23H32F6O4. The molecular weight excluding hydrogens is 454 g/mol. The molecule has 4 aliphatic rings. The number of carbonyl (C=O) groups excluding carboxylic acids is 1. The molecule has 0 radical (unpaired) electrons. The van der Waals surface area contributed by atoms with Gasteiger partial charge in [-0.15, -0.1) is 0 Å². The van der Waals surface area contributed by atoms with E-state index >= 15 is 0 Å². The van der Waals surface area contributed by atoms with E-state index in [4.69, 9.17) is 9.47 Å². The van der Waals surface area contributed by atoms with Crippen LogP contribution in [0.5, 0.6) is 0 Å². The second kappa shape index (κ2) is 8.43. The number of aliphatic hydroxyl groups is 1. The number of ether oxygens (including phenoxy) is 2. The molecule has 0 aromatic heterocycles. The Bertz CT molecular complexity index is 740. The zero-order valence-corrected chi connectivity index (χ0v) is 19.1. The van der Waals surface area contributed by atoms with E-state index in [-0.39, 0.29) is 42.3 Å². The summed E-state index contributed by atoms with van der Waals surface area (Å²) in [5.41, 5.74) is -6.58. The first-order valence-electron chi connectivity index (χ1n) is 11.4. The lowest BCUT2D eigenvalue weighted by molar-refractivity contribution is -0.387. The molecule has 4 fully saturated rings. The SMILES string of the molecule is C=C(C)C(=O)OC1C2CC3CC1CC(C(CC)(CC)OCC(O)(C(F)(F)F)C(F)(F)F)(C3)C2. The van der Waals surface area contributed by atoms with E-state index in [0.29, 0.717) is 19.3 Å². The lowest BCUT2D eigenvalue weighted by atomic mass is 9.43. The van der Waals surface area contributed by atoms with Crippen LogP contribution in [-0.2, 0) is 14.3 Å². The predicted molar refractivity (Wildman–Crippen MR) is 107 cm³/mol. The van der Waals surface area contributed by atoms with Crippen molar-refractivity contribution in [3.05, 3.63) is 12.2 Å². The lowest BCUT2D eigenvalue weighted by Crippen LogP contribution is -2.66. The summed E-state index contributed by atoms with van der Waals surface area (Å²) >= 11 is 0. The van der Waals surface area contributed by atoms with E-state index in [2.05, 4.69) is 6.58 Å². The Morgan fingerprint density at radius 3 is 1.88 bits per heavy atom. The Kier molecular flexibility index (Phi) is 6.72. The maximum Gasteiger partial charge on any atom is 0.428 e. The van der Waals surface area contributed by atoms with Crippen LogP contribution < -0.4 is 0 Å². The van der Waals surface area contributed by atoms with Crippen molar-refractivity contribution in [3.8, 4) is 0 Å². The third kappa shape index (κ3) is 4.19. The van der Waals surface area contributed by atoms with Crippen LogP contribution in [-0.4, -0.2) is 47.3 Å². The molecule has 4 aliphatic carbocycles. The Balaban J connectivity index is 1.89. The fraction of sp³-hybridized carbons (Fsp3) is 0.870. The molecule has 0 spiro atoms. The minimum Gasteiger partial charge on any atom is -0.458 e. The second-order valence-corrected chi connectivity index (χ2v) is 10.2. The average molecular weight is 486 g/mol. The van der Waals surface area contributed by atoms with Crippen molar-refractivity contribution in [2.75, 3.05) is 6.61 Å². The number of esters is 1. The molecule has 4 bridgehead atoms. The Labute approximate surface area is 189 Å². The Hall–Kier alpha value is -1.29. The highest BCUT2D eigenvalue weighted by Crippen LogP contribution is 2.66. The smallest absolute Gasteiger partial charge is 0.428 e. The van der Waals surface area contributed by atoms with Crippen LogP contribution in [0.1, 0.15) is 65.7 Å². The number of carbonyl (C=O) groups is 1. The molecule has 0 aromatic carbocycles. The molecule has 2 unspecified atom stereocenters. The number of hydrogen-bond donors (Lipinski definition) is 1. The number of hydrogen-bond acceptors (Lipinski definition) is 4. The number of rotatable bonds is 8. The van der Waals surface area contributed by atoms with Gasteiger partial charge in [0.15, 0.2) is 0 Å². The zero-order valence-electron chi connectivity index (χ0n) is 19.1. The predicted octanol–water partition coefficient (Wildman–Crippen LogP) is 5.73. The van der Waals surface area contributed by atoms with Crippen LogP contribution in [0.2, 0.25) is 0 Å². The summed E-state index contributed by atoms with van der Waals surface area (Å²) in [7, 11) is 0. The van der Waals surface area contributed by atoms with Gasteiger partial charge in [0.25, 0.3) is 5.60 Å². The van der Waals surface area contributed by atoms with Crippen LogP contribution in [0, 0.1) is 23.2 Å².